The lowest BCUT2D eigenvalue weighted by molar-refractivity contribution is -0.116. The van der Waals surface area contributed by atoms with Crippen LogP contribution in [0.5, 0.6) is 0 Å². The van der Waals surface area contributed by atoms with Gasteiger partial charge in [0.2, 0.25) is 5.91 Å². The number of amides is 1. The quantitative estimate of drug-likeness (QED) is 0.767. The number of fused-ring (bicyclic) bond motifs is 2. The Bertz CT molecular complexity index is 951. The number of thiazole rings is 1. The monoisotopic (exact) mass is 341 g/mol. The van der Waals surface area contributed by atoms with Crippen molar-refractivity contribution in [1.82, 2.24) is 9.88 Å². The van der Waals surface area contributed by atoms with Crippen molar-refractivity contribution in [1.29, 1.82) is 0 Å². The average Bonchev–Trinajstić information content (AvgIpc) is 2.89. The summed E-state index contributed by atoms with van der Waals surface area (Å²) in [6, 6.07) is 8.05. The number of nitrogens with zero attached hydrogens (tertiary/aromatic N) is 2. The lowest BCUT2D eigenvalue weighted by Crippen LogP contribution is -2.37. The molecule has 1 saturated carbocycles. The number of carbonyl (C=O) groups is 1. The zero-order valence-electron chi connectivity index (χ0n) is 13.3. The predicted octanol–water partition coefficient (Wildman–Crippen LogP) is 1.45. The van der Waals surface area contributed by atoms with E-state index in [9.17, 15) is 9.59 Å². The molecule has 4 rings (SSSR count). The lowest BCUT2D eigenvalue weighted by Gasteiger charge is -2.21. The maximum Gasteiger partial charge on any atom is 0.270 e. The van der Waals surface area contributed by atoms with Crippen molar-refractivity contribution in [2.75, 3.05) is 0 Å². The van der Waals surface area contributed by atoms with Gasteiger partial charge >= 0.3 is 0 Å². The van der Waals surface area contributed by atoms with Crippen LogP contribution in [0.1, 0.15) is 37.7 Å². The van der Waals surface area contributed by atoms with Crippen LogP contribution in [0.25, 0.3) is 6.08 Å². The first-order valence-electron chi connectivity index (χ1n) is 8.39. The van der Waals surface area contributed by atoms with Gasteiger partial charge in [-0.2, -0.15) is 0 Å². The van der Waals surface area contributed by atoms with Crippen molar-refractivity contribution in [3.63, 3.8) is 0 Å². The van der Waals surface area contributed by atoms with Gasteiger partial charge in [0.05, 0.1) is 12.2 Å². The summed E-state index contributed by atoms with van der Waals surface area (Å²) in [5.41, 5.74) is 1.80. The number of aromatic nitrogens is 1. The molecular weight excluding hydrogens is 322 g/mol. The Hall–Kier alpha value is -2.21. The zero-order valence-corrected chi connectivity index (χ0v) is 14.1. The molecule has 2 aliphatic rings. The number of hydrogen-bond acceptors (Lipinski definition) is 4. The summed E-state index contributed by atoms with van der Waals surface area (Å²) in [5.74, 6) is -0.171. The molecule has 2 aromatic rings. The SMILES string of the molecule is O=C(C=c1sc2n(c1=O)Cc1ccccc1N=2)NC1CCCCC1. The number of benzene rings is 1. The number of para-hydroxylation sites is 1. The minimum Gasteiger partial charge on any atom is -0.350 e. The van der Waals surface area contributed by atoms with Gasteiger partial charge in [-0.05, 0) is 24.5 Å². The third-order valence-corrected chi connectivity index (χ3v) is 5.64. The lowest BCUT2D eigenvalue weighted by atomic mass is 9.95. The number of hydrogen-bond donors (Lipinski definition) is 1. The van der Waals surface area contributed by atoms with Crippen molar-refractivity contribution in [3.8, 4) is 0 Å². The minimum absolute atomic E-state index is 0.132. The molecule has 6 heteroatoms. The van der Waals surface area contributed by atoms with Gasteiger partial charge in [0, 0.05) is 12.1 Å². The Labute approximate surface area is 143 Å². The summed E-state index contributed by atoms with van der Waals surface area (Å²) in [4.78, 5) is 30.0. The van der Waals surface area contributed by atoms with Crippen LogP contribution >= 0.6 is 11.3 Å². The first kappa shape index (κ1) is 15.3. The molecule has 1 amide bonds. The van der Waals surface area contributed by atoms with E-state index in [0.717, 1.165) is 36.9 Å². The van der Waals surface area contributed by atoms with Crippen LogP contribution in [-0.2, 0) is 11.3 Å². The van der Waals surface area contributed by atoms with E-state index in [4.69, 9.17) is 0 Å². The number of rotatable bonds is 2. The predicted molar refractivity (Wildman–Crippen MR) is 94.0 cm³/mol. The zero-order chi connectivity index (χ0) is 16.5. The Morgan fingerprint density at radius 2 is 2.04 bits per heavy atom. The third kappa shape index (κ3) is 2.94. The van der Waals surface area contributed by atoms with E-state index in [-0.39, 0.29) is 17.5 Å². The Balaban J connectivity index is 1.63. The molecular formula is C18H19N3O2S. The summed E-state index contributed by atoms with van der Waals surface area (Å²) in [6.07, 6.45) is 7.08. The van der Waals surface area contributed by atoms with Crippen LogP contribution in [0, 0.1) is 0 Å². The number of carbonyl (C=O) groups excluding carboxylic acids is 1. The van der Waals surface area contributed by atoms with E-state index in [2.05, 4.69) is 10.3 Å². The summed E-state index contributed by atoms with van der Waals surface area (Å²) < 4.78 is 2.10. The molecule has 0 spiro atoms. The van der Waals surface area contributed by atoms with Crippen LogP contribution in [0.3, 0.4) is 0 Å². The molecule has 0 saturated heterocycles. The van der Waals surface area contributed by atoms with E-state index in [1.54, 1.807) is 4.57 Å². The van der Waals surface area contributed by atoms with Gasteiger partial charge in [-0.15, -0.1) is 0 Å². The van der Waals surface area contributed by atoms with Crippen molar-refractivity contribution in [3.05, 3.63) is 49.5 Å². The van der Waals surface area contributed by atoms with Crippen molar-refractivity contribution < 1.29 is 4.79 Å². The molecule has 0 unspecified atom stereocenters. The Morgan fingerprint density at radius 1 is 1.25 bits per heavy atom. The smallest absolute Gasteiger partial charge is 0.270 e. The molecule has 0 atom stereocenters. The molecule has 1 aliphatic carbocycles. The molecule has 0 radical (unpaired) electrons. The van der Waals surface area contributed by atoms with E-state index >= 15 is 0 Å². The second kappa shape index (κ2) is 6.36. The highest BCUT2D eigenvalue weighted by atomic mass is 32.1. The Kier molecular flexibility index (Phi) is 4.06. The van der Waals surface area contributed by atoms with Gasteiger partial charge in [-0.1, -0.05) is 48.8 Å². The summed E-state index contributed by atoms with van der Waals surface area (Å²) in [6.45, 7) is 0.516. The highest BCUT2D eigenvalue weighted by Crippen LogP contribution is 2.20. The molecule has 1 N–H and O–H groups in total. The second-order valence-electron chi connectivity index (χ2n) is 6.37. The van der Waals surface area contributed by atoms with Gasteiger partial charge in [0.25, 0.3) is 5.56 Å². The number of nitrogens with one attached hydrogen (secondary N) is 1. The van der Waals surface area contributed by atoms with Gasteiger partial charge < -0.3 is 5.32 Å². The molecule has 24 heavy (non-hydrogen) atoms. The first-order valence-corrected chi connectivity index (χ1v) is 9.21. The summed E-state index contributed by atoms with van der Waals surface area (Å²) in [7, 11) is 0. The third-order valence-electron chi connectivity index (χ3n) is 4.64. The second-order valence-corrected chi connectivity index (χ2v) is 7.38. The van der Waals surface area contributed by atoms with Crippen LogP contribution in [0.4, 0.5) is 5.69 Å². The standard InChI is InChI=1S/C18H19N3O2S/c22-16(19-13-7-2-1-3-8-13)10-15-17(23)21-11-12-6-4-5-9-14(12)20-18(21)24-15/h4-6,9-10,13H,1-3,7-8,11H2,(H,19,22). The largest absolute Gasteiger partial charge is 0.350 e. The van der Waals surface area contributed by atoms with Crippen LogP contribution in [-0.4, -0.2) is 16.5 Å². The molecule has 2 heterocycles. The van der Waals surface area contributed by atoms with E-state index in [1.165, 1.54) is 23.8 Å². The fourth-order valence-corrected chi connectivity index (χ4v) is 4.33. The van der Waals surface area contributed by atoms with Crippen molar-refractivity contribution in [2.24, 2.45) is 4.99 Å². The first-order chi connectivity index (χ1) is 11.7. The van der Waals surface area contributed by atoms with Gasteiger partial charge in [0.1, 0.15) is 4.53 Å². The molecule has 124 valence electrons. The molecule has 1 aliphatic heterocycles. The molecule has 1 fully saturated rings. The fourth-order valence-electron chi connectivity index (χ4n) is 3.37. The van der Waals surface area contributed by atoms with E-state index in [0.29, 0.717) is 15.9 Å². The molecule has 5 nitrogen and oxygen atoms in total. The maximum atomic E-state index is 12.6. The Morgan fingerprint density at radius 3 is 2.88 bits per heavy atom. The highest BCUT2D eigenvalue weighted by Gasteiger charge is 2.16. The van der Waals surface area contributed by atoms with Crippen molar-refractivity contribution in [2.45, 2.75) is 44.7 Å². The highest BCUT2D eigenvalue weighted by molar-refractivity contribution is 7.07. The van der Waals surface area contributed by atoms with Crippen LogP contribution in [0.15, 0.2) is 34.1 Å². The van der Waals surface area contributed by atoms with E-state index < -0.39 is 0 Å². The maximum absolute atomic E-state index is 12.6. The van der Waals surface area contributed by atoms with Gasteiger partial charge in [-0.3, -0.25) is 14.2 Å². The summed E-state index contributed by atoms with van der Waals surface area (Å²) in [5, 5.41) is 3.03. The fraction of sp³-hybridized carbons (Fsp3) is 0.389. The van der Waals surface area contributed by atoms with Gasteiger partial charge in [-0.25, -0.2) is 4.99 Å². The minimum atomic E-state index is -0.171. The average molecular weight is 341 g/mol. The normalized spacial score (nSPS) is 17.8. The molecule has 0 bridgehead atoms. The van der Waals surface area contributed by atoms with Crippen LogP contribution < -0.4 is 20.2 Å². The molecule has 1 aromatic heterocycles. The topological polar surface area (TPSA) is 63.5 Å². The van der Waals surface area contributed by atoms with E-state index in [1.807, 2.05) is 24.3 Å². The van der Waals surface area contributed by atoms with Gasteiger partial charge in [0.15, 0.2) is 4.80 Å². The van der Waals surface area contributed by atoms with Crippen molar-refractivity contribution >= 4 is 29.0 Å². The van der Waals surface area contributed by atoms with Crippen LogP contribution in [0.2, 0.25) is 0 Å². The molecule has 1 aromatic carbocycles. The summed E-state index contributed by atoms with van der Waals surface area (Å²) >= 11 is 1.28.